The van der Waals surface area contributed by atoms with Gasteiger partial charge in [-0.25, -0.2) is 9.48 Å². The van der Waals surface area contributed by atoms with Gasteiger partial charge in [-0.1, -0.05) is 73.2 Å². The lowest BCUT2D eigenvalue weighted by Crippen LogP contribution is -2.41. The van der Waals surface area contributed by atoms with E-state index in [0.717, 1.165) is 40.2 Å². The molecular weight excluding hydrogens is 450 g/mol. The SMILES string of the molecule is CCCN(CC(=O)Nc1cc(-c2ccccc2)nn1-c1ccccc1)C(=O)Nc1ccc(C)cc1C. The van der Waals surface area contributed by atoms with Crippen LogP contribution in [0.15, 0.2) is 84.9 Å². The number of hydrogen-bond acceptors (Lipinski definition) is 3. The number of carbonyl (C=O) groups is 2. The van der Waals surface area contributed by atoms with Gasteiger partial charge >= 0.3 is 6.03 Å². The predicted octanol–water partition coefficient (Wildman–Crippen LogP) is 6.04. The molecule has 7 heteroatoms. The molecule has 0 saturated carbocycles. The molecule has 3 amide bonds. The van der Waals surface area contributed by atoms with Crippen LogP contribution in [0.4, 0.5) is 16.3 Å². The van der Waals surface area contributed by atoms with Crippen molar-refractivity contribution in [2.45, 2.75) is 27.2 Å². The summed E-state index contributed by atoms with van der Waals surface area (Å²) in [5, 5.41) is 10.6. The maximum absolute atomic E-state index is 13.1. The van der Waals surface area contributed by atoms with Crippen LogP contribution in [-0.2, 0) is 4.79 Å². The highest BCUT2D eigenvalue weighted by molar-refractivity contribution is 5.97. The topological polar surface area (TPSA) is 79.3 Å². The molecule has 2 N–H and O–H groups in total. The Hall–Kier alpha value is -4.39. The number of hydrogen-bond donors (Lipinski definition) is 2. The van der Waals surface area contributed by atoms with E-state index in [0.29, 0.717) is 12.4 Å². The average molecular weight is 482 g/mol. The van der Waals surface area contributed by atoms with Gasteiger partial charge in [0.2, 0.25) is 5.91 Å². The maximum Gasteiger partial charge on any atom is 0.322 e. The largest absolute Gasteiger partial charge is 0.322 e. The van der Waals surface area contributed by atoms with Crippen molar-refractivity contribution in [3.05, 3.63) is 96.1 Å². The summed E-state index contributed by atoms with van der Waals surface area (Å²) in [5.41, 5.74) is 5.36. The second-order valence-corrected chi connectivity index (χ2v) is 8.75. The molecule has 184 valence electrons. The third-order valence-electron chi connectivity index (χ3n) is 5.79. The highest BCUT2D eigenvalue weighted by atomic mass is 16.2. The first-order chi connectivity index (χ1) is 17.4. The van der Waals surface area contributed by atoms with Gasteiger partial charge in [0.15, 0.2) is 0 Å². The first-order valence-electron chi connectivity index (χ1n) is 12.1. The Kier molecular flexibility index (Phi) is 7.80. The number of urea groups is 1. The lowest BCUT2D eigenvalue weighted by atomic mass is 10.1. The number of aromatic nitrogens is 2. The molecule has 0 bridgehead atoms. The minimum Gasteiger partial charge on any atom is -0.315 e. The first-order valence-corrected chi connectivity index (χ1v) is 12.1. The maximum atomic E-state index is 13.1. The van der Waals surface area contributed by atoms with Gasteiger partial charge in [-0.15, -0.1) is 0 Å². The summed E-state index contributed by atoms with van der Waals surface area (Å²) >= 11 is 0. The van der Waals surface area contributed by atoms with Crippen molar-refractivity contribution in [3.63, 3.8) is 0 Å². The standard InChI is InChI=1S/C29H31N5O2/c1-4-17-33(29(36)30-25-16-15-21(2)18-22(25)3)20-28(35)31-27-19-26(23-11-7-5-8-12-23)32-34(27)24-13-9-6-10-14-24/h5-16,18-19H,4,17,20H2,1-3H3,(H,30,36)(H,31,35). The predicted molar refractivity (Wildman–Crippen MR) is 144 cm³/mol. The van der Waals surface area contributed by atoms with Crippen molar-refractivity contribution in [2.24, 2.45) is 0 Å². The van der Waals surface area contributed by atoms with Crippen molar-refractivity contribution >= 4 is 23.4 Å². The molecule has 0 radical (unpaired) electrons. The molecule has 4 aromatic rings. The van der Waals surface area contributed by atoms with Crippen molar-refractivity contribution in [1.82, 2.24) is 14.7 Å². The summed E-state index contributed by atoms with van der Waals surface area (Å²) < 4.78 is 1.71. The molecule has 0 aliphatic carbocycles. The van der Waals surface area contributed by atoms with Gasteiger partial charge in [0.05, 0.1) is 11.4 Å². The number of nitrogens with one attached hydrogen (secondary N) is 2. The van der Waals surface area contributed by atoms with E-state index in [9.17, 15) is 9.59 Å². The number of rotatable bonds is 8. The van der Waals surface area contributed by atoms with Crippen LogP contribution in [0.3, 0.4) is 0 Å². The Morgan fingerprint density at radius 3 is 2.25 bits per heavy atom. The zero-order valence-electron chi connectivity index (χ0n) is 20.9. The van der Waals surface area contributed by atoms with E-state index in [-0.39, 0.29) is 18.5 Å². The lowest BCUT2D eigenvalue weighted by molar-refractivity contribution is -0.116. The smallest absolute Gasteiger partial charge is 0.315 e. The Morgan fingerprint density at radius 1 is 0.889 bits per heavy atom. The number of para-hydroxylation sites is 1. The highest BCUT2D eigenvalue weighted by Crippen LogP contribution is 2.25. The molecular formula is C29H31N5O2. The van der Waals surface area contributed by atoms with E-state index in [1.54, 1.807) is 4.68 Å². The molecule has 0 fully saturated rings. The second-order valence-electron chi connectivity index (χ2n) is 8.75. The van der Waals surface area contributed by atoms with E-state index in [1.165, 1.54) is 4.90 Å². The van der Waals surface area contributed by atoms with Crippen LogP contribution >= 0.6 is 0 Å². The Bertz CT molecular complexity index is 1330. The van der Waals surface area contributed by atoms with Gasteiger partial charge in [0.25, 0.3) is 0 Å². The quantitative estimate of drug-likeness (QED) is 0.322. The zero-order chi connectivity index (χ0) is 25.5. The first kappa shape index (κ1) is 24.7. The van der Waals surface area contributed by atoms with Crippen molar-refractivity contribution in [3.8, 4) is 16.9 Å². The van der Waals surface area contributed by atoms with E-state index in [1.807, 2.05) is 106 Å². The average Bonchev–Trinajstić information content (AvgIpc) is 3.30. The van der Waals surface area contributed by atoms with Gasteiger partial charge in [0, 0.05) is 23.9 Å². The normalized spacial score (nSPS) is 10.6. The lowest BCUT2D eigenvalue weighted by Gasteiger charge is -2.22. The number of anilines is 2. The molecule has 0 unspecified atom stereocenters. The van der Waals surface area contributed by atoms with Crippen LogP contribution in [0.25, 0.3) is 16.9 Å². The van der Waals surface area contributed by atoms with Crippen molar-refractivity contribution < 1.29 is 9.59 Å². The summed E-state index contributed by atoms with van der Waals surface area (Å²) in [6, 6.07) is 26.8. The molecule has 0 saturated heterocycles. The van der Waals surface area contributed by atoms with Crippen molar-refractivity contribution in [2.75, 3.05) is 23.7 Å². The van der Waals surface area contributed by atoms with Gasteiger partial charge in [-0.3, -0.25) is 4.79 Å². The summed E-state index contributed by atoms with van der Waals surface area (Å²) in [5.74, 6) is 0.243. The third-order valence-corrected chi connectivity index (χ3v) is 5.79. The van der Waals surface area contributed by atoms with Gasteiger partial charge in [0.1, 0.15) is 12.4 Å². The van der Waals surface area contributed by atoms with Crippen LogP contribution in [0.1, 0.15) is 24.5 Å². The molecule has 0 atom stereocenters. The Labute approximate surface area is 211 Å². The molecule has 3 aromatic carbocycles. The molecule has 1 aromatic heterocycles. The third kappa shape index (κ3) is 5.99. The van der Waals surface area contributed by atoms with Crippen LogP contribution in [0.2, 0.25) is 0 Å². The van der Waals surface area contributed by atoms with Gasteiger partial charge in [-0.05, 0) is 44.0 Å². The molecule has 4 rings (SSSR count). The fraction of sp³-hybridized carbons (Fsp3) is 0.207. The Balaban J connectivity index is 1.53. The molecule has 7 nitrogen and oxygen atoms in total. The number of amides is 3. The van der Waals surface area contributed by atoms with Gasteiger partial charge < -0.3 is 15.5 Å². The van der Waals surface area contributed by atoms with Crippen LogP contribution < -0.4 is 10.6 Å². The molecule has 1 heterocycles. The van der Waals surface area contributed by atoms with Gasteiger partial charge in [-0.2, -0.15) is 5.10 Å². The molecule has 0 aliphatic rings. The van der Waals surface area contributed by atoms with E-state index in [4.69, 9.17) is 5.10 Å². The molecule has 36 heavy (non-hydrogen) atoms. The monoisotopic (exact) mass is 481 g/mol. The summed E-state index contributed by atoms with van der Waals surface area (Å²) in [4.78, 5) is 27.7. The minimum atomic E-state index is -0.305. The summed E-state index contributed by atoms with van der Waals surface area (Å²) in [6.45, 7) is 6.32. The van der Waals surface area contributed by atoms with Crippen LogP contribution in [0, 0.1) is 13.8 Å². The Morgan fingerprint density at radius 2 is 1.58 bits per heavy atom. The fourth-order valence-corrected chi connectivity index (χ4v) is 4.01. The summed E-state index contributed by atoms with van der Waals surface area (Å²) in [6.07, 6.45) is 0.730. The molecule has 0 spiro atoms. The molecule has 0 aliphatic heterocycles. The van der Waals surface area contributed by atoms with E-state index in [2.05, 4.69) is 10.6 Å². The zero-order valence-corrected chi connectivity index (χ0v) is 20.9. The number of benzene rings is 3. The second kappa shape index (κ2) is 11.4. The number of nitrogens with zero attached hydrogens (tertiary/aromatic N) is 3. The van der Waals surface area contributed by atoms with Crippen LogP contribution in [-0.4, -0.2) is 39.7 Å². The number of carbonyl (C=O) groups excluding carboxylic acids is 2. The minimum absolute atomic E-state index is 0.0782. The van der Waals surface area contributed by atoms with Crippen molar-refractivity contribution in [1.29, 1.82) is 0 Å². The summed E-state index contributed by atoms with van der Waals surface area (Å²) in [7, 11) is 0. The number of aryl methyl sites for hydroxylation is 2. The van der Waals surface area contributed by atoms with Crippen LogP contribution in [0.5, 0.6) is 0 Å². The fourth-order valence-electron chi connectivity index (χ4n) is 4.01. The van der Waals surface area contributed by atoms with E-state index < -0.39 is 0 Å². The van der Waals surface area contributed by atoms with E-state index >= 15 is 0 Å². The highest BCUT2D eigenvalue weighted by Gasteiger charge is 2.20.